The minimum Gasteiger partial charge on any atom is -0.478 e. The largest absolute Gasteiger partial charge is 0.478 e. The van der Waals surface area contributed by atoms with Gasteiger partial charge in [-0.1, -0.05) is 6.58 Å². The maximum absolute atomic E-state index is 9.25. The van der Waals surface area contributed by atoms with E-state index in [1.165, 1.54) is 0 Å². The normalized spacial score (nSPS) is 9.06. The first-order valence-electron chi connectivity index (χ1n) is 3.65. The van der Waals surface area contributed by atoms with Crippen LogP contribution >= 0.6 is 79.6 Å². The van der Waals surface area contributed by atoms with Gasteiger partial charge in [-0.15, -0.1) is 0 Å². The summed E-state index contributed by atoms with van der Waals surface area (Å²) in [5.74, 6) is -0.981. The van der Waals surface area contributed by atoms with Gasteiger partial charge in [0.1, 0.15) is 0 Å². The first-order valence-corrected chi connectivity index (χ1v) is 7.61. The van der Waals surface area contributed by atoms with Gasteiger partial charge in [-0.05, 0) is 85.7 Å². The summed E-state index contributed by atoms with van der Waals surface area (Å²) in [6.07, 6.45) is 0.833. The molecule has 1 aromatic rings. The van der Waals surface area contributed by atoms with Crippen LogP contribution in [0.15, 0.2) is 41.1 Å². The summed E-state index contributed by atoms with van der Waals surface area (Å²) in [7, 11) is 0. The fourth-order valence-electron chi connectivity index (χ4n) is 0.544. The number of carboxylic acid groups (broad SMARTS) is 1. The minimum atomic E-state index is -0.981. The maximum Gasteiger partial charge on any atom is 0.327 e. The molecule has 0 unspecified atom stereocenters. The second-order valence-corrected chi connectivity index (χ2v) is 6.41. The molecule has 0 spiro atoms. The molecule has 16 heavy (non-hydrogen) atoms. The summed E-state index contributed by atoms with van der Waals surface area (Å²) in [6.45, 7) is 2.96. The Labute approximate surface area is 135 Å². The second kappa shape index (κ2) is 8.02. The summed E-state index contributed by atoms with van der Waals surface area (Å²) in [6, 6.07) is 1.97. The van der Waals surface area contributed by atoms with Crippen molar-refractivity contribution < 1.29 is 9.90 Å². The topological polar surface area (TPSA) is 37.3 Å². The number of benzene rings is 1. The predicted molar refractivity (Wildman–Crippen MR) is 82.8 cm³/mol. The summed E-state index contributed by atoms with van der Waals surface area (Å²) < 4.78 is 5.04. The molecule has 0 aliphatic heterocycles. The molecule has 2 nitrogen and oxygen atoms in total. The first-order chi connectivity index (χ1) is 7.31. The van der Waals surface area contributed by atoms with Crippen LogP contribution < -0.4 is 0 Å². The van der Waals surface area contributed by atoms with E-state index in [0.29, 0.717) is 0 Å². The van der Waals surface area contributed by atoms with Gasteiger partial charge < -0.3 is 5.11 Å². The molecule has 0 saturated heterocycles. The van der Waals surface area contributed by atoms with E-state index >= 15 is 0 Å². The monoisotopic (exact) mass is 540 g/mol. The van der Waals surface area contributed by atoms with Gasteiger partial charge in [-0.25, -0.2) is 4.79 Å². The highest BCUT2D eigenvalue weighted by molar-refractivity contribution is 9.15. The van der Waals surface area contributed by atoms with Gasteiger partial charge >= 0.3 is 5.97 Å². The van der Waals surface area contributed by atoms with Crippen molar-refractivity contribution in [1.29, 1.82) is 0 Å². The van der Waals surface area contributed by atoms with E-state index in [9.17, 15) is 4.79 Å². The number of hydrogen-bond acceptors (Lipinski definition) is 1. The van der Waals surface area contributed by atoms with Crippen LogP contribution in [0.2, 0.25) is 0 Å². The van der Waals surface area contributed by atoms with E-state index in [-0.39, 0.29) is 0 Å². The zero-order valence-electron chi connectivity index (χ0n) is 7.61. The first kappa shape index (κ1) is 16.8. The Bertz CT molecular complexity index is 391. The van der Waals surface area contributed by atoms with Gasteiger partial charge in [0.25, 0.3) is 0 Å². The van der Waals surface area contributed by atoms with Gasteiger partial charge in [-0.3, -0.25) is 0 Å². The Balaban J connectivity index is 0.000000385. The van der Waals surface area contributed by atoms with Gasteiger partial charge in [0.05, 0.1) is 0 Å². The van der Waals surface area contributed by atoms with Crippen molar-refractivity contribution >= 4 is 85.6 Å². The molecule has 0 amide bonds. The molecule has 0 aliphatic carbocycles. The summed E-state index contributed by atoms with van der Waals surface area (Å²) >= 11 is 17.1. The van der Waals surface area contributed by atoms with Gasteiger partial charge in [0, 0.05) is 28.4 Å². The molecule has 0 heterocycles. The van der Waals surface area contributed by atoms with Crippen molar-refractivity contribution in [2.75, 3.05) is 0 Å². The van der Waals surface area contributed by atoms with Crippen LogP contribution in [0.1, 0.15) is 0 Å². The summed E-state index contributed by atoms with van der Waals surface area (Å²) in [4.78, 5) is 9.25. The van der Waals surface area contributed by atoms with E-state index in [0.717, 1.165) is 28.4 Å². The molecular formula is C9H5Br5O2. The maximum atomic E-state index is 9.25. The number of halogens is 5. The number of rotatable bonds is 1. The molecule has 0 atom stereocenters. The number of aliphatic carboxylic acids is 1. The van der Waals surface area contributed by atoms with Crippen LogP contribution in [0.4, 0.5) is 0 Å². The molecular weight excluding hydrogens is 540 g/mol. The fraction of sp³-hybridized carbons (Fsp3) is 0. The summed E-state index contributed by atoms with van der Waals surface area (Å²) in [5.41, 5.74) is 0. The lowest BCUT2D eigenvalue weighted by molar-refractivity contribution is -0.131. The van der Waals surface area contributed by atoms with Crippen LogP contribution in [0, 0.1) is 0 Å². The molecule has 0 radical (unpaired) electrons. The quantitative estimate of drug-likeness (QED) is 0.278. The SMILES string of the molecule is Brc1cc(Br)c(Br)c(Br)c1Br.C=CC(=O)O. The Morgan fingerprint density at radius 1 is 1.06 bits per heavy atom. The van der Waals surface area contributed by atoms with E-state index in [1.54, 1.807) is 0 Å². The van der Waals surface area contributed by atoms with Crippen molar-refractivity contribution in [3.05, 3.63) is 41.1 Å². The third-order valence-corrected chi connectivity index (χ3v) is 7.05. The number of carboxylic acids is 1. The third-order valence-electron chi connectivity index (χ3n) is 1.23. The van der Waals surface area contributed by atoms with Crippen LogP contribution in [0.5, 0.6) is 0 Å². The van der Waals surface area contributed by atoms with Gasteiger partial charge in [0.15, 0.2) is 0 Å². The standard InChI is InChI=1S/C6HBr5.C3H4O2/c7-2-1-3(8)5(10)6(11)4(2)9;1-2-3(4)5/h1H;2H,1H2,(H,4,5). The van der Waals surface area contributed by atoms with E-state index < -0.39 is 5.97 Å². The molecule has 7 heteroatoms. The van der Waals surface area contributed by atoms with Crippen LogP contribution in [-0.4, -0.2) is 11.1 Å². The smallest absolute Gasteiger partial charge is 0.327 e. The average Bonchev–Trinajstić information content (AvgIpc) is 2.24. The van der Waals surface area contributed by atoms with Crippen LogP contribution in [0.25, 0.3) is 0 Å². The predicted octanol–water partition coefficient (Wildman–Crippen LogP) is 5.76. The van der Waals surface area contributed by atoms with Gasteiger partial charge in [0.2, 0.25) is 0 Å². The van der Waals surface area contributed by atoms with Crippen LogP contribution in [-0.2, 0) is 4.79 Å². The van der Waals surface area contributed by atoms with Crippen molar-refractivity contribution in [2.45, 2.75) is 0 Å². The highest BCUT2D eigenvalue weighted by Crippen LogP contribution is 2.40. The third kappa shape index (κ3) is 5.44. The molecule has 0 bridgehead atoms. The molecule has 0 saturated carbocycles. The molecule has 0 fully saturated rings. The minimum absolute atomic E-state index is 0.833. The van der Waals surface area contributed by atoms with E-state index in [2.05, 4.69) is 86.2 Å². The van der Waals surface area contributed by atoms with Gasteiger partial charge in [-0.2, -0.15) is 0 Å². The van der Waals surface area contributed by atoms with Crippen molar-refractivity contribution in [1.82, 2.24) is 0 Å². The van der Waals surface area contributed by atoms with Crippen LogP contribution in [0.3, 0.4) is 0 Å². The fourth-order valence-corrected chi connectivity index (χ4v) is 3.56. The number of carbonyl (C=O) groups is 1. The molecule has 1 N–H and O–H groups in total. The molecule has 1 rings (SSSR count). The Hall–Kier alpha value is 0.830. The van der Waals surface area contributed by atoms with Crippen molar-refractivity contribution in [2.24, 2.45) is 0 Å². The highest BCUT2D eigenvalue weighted by Gasteiger charge is 2.09. The second-order valence-electron chi connectivity index (χ2n) is 2.32. The molecule has 0 aromatic heterocycles. The zero-order valence-corrected chi connectivity index (χ0v) is 15.5. The summed E-state index contributed by atoms with van der Waals surface area (Å²) in [5, 5.41) is 7.60. The Morgan fingerprint density at radius 2 is 1.38 bits per heavy atom. The van der Waals surface area contributed by atoms with E-state index in [4.69, 9.17) is 5.11 Å². The van der Waals surface area contributed by atoms with E-state index in [1.807, 2.05) is 6.07 Å². The molecule has 0 aliphatic rings. The Kier molecular flexibility index (Phi) is 8.44. The number of hydrogen-bond donors (Lipinski definition) is 1. The molecule has 1 aromatic carbocycles. The zero-order chi connectivity index (χ0) is 12.9. The highest BCUT2D eigenvalue weighted by atomic mass is 79.9. The lowest BCUT2D eigenvalue weighted by Crippen LogP contribution is -1.82. The lowest BCUT2D eigenvalue weighted by atomic mass is 10.4. The van der Waals surface area contributed by atoms with Crippen molar-refractivity contribution in [3.8, 4) is 0 Å². The average molecular weight is 545 g/mol. The lowest BCUT2D eigenvalue weighted by Gasteiger charge is -2.04. The van der Waals surface area contributed by atoms with Crippen molar-refractivity contribution in [3.63, 3.8) is 0 Å². The molecule has 88 valence electrons. The Morgan fingerprint density at radius 3 is 1.62 bits per heavy atom.